The molecule has 1 atom stereocenters. The van der Waals surface area contributed by atoms with Crippen molar-refractivity contribution >= 4 is 22.9 Å². The summed E-state index contributed by atoms with van der Waals surface area (Å²) in [6.07, 6.45) is 3.43. The summed E-state index contributed by atoms with van der Waals surface area (Å²) in [5.41, 5.74) is 1.61. The van der Waals surface area contributed by atoms with Gasteiger partial charge in [-0.15, -0.1) is 0 Å². The molecule has 2 fully saturated rings. The molecule has 6 nitrogen and oxygen atoms in total. The zero-order valence-corrected chi connectivity index (χ0v) is 14.8. The van der Waals surface area contributed by atoms with Crippen molar-refractivity contribution in [3.8, 4) is 0 Å². The van der Waals surface area contributed by atoms with Gasteiger partial charge in [0.2, 0.25) is 0 Å². The van der Waals surface area contributed by atoms with Crippen LogP contribution in [0.5, 0.6) is 0 Å². The summed E-state index contributed by atoms with van der Waals surface area (Å²) in [7, 11) is 0. The van der Waals surface area contributed by atoms with Crippen LogP contribution in [0, 0.1) is 0 Å². The standard InChI is InChI=1S/C18H21N3O3S/c22-17-10-24-18(13-21(17)16-2-1-4-19-8-16)12-20(5-6-23-14-18)9-15-3-7-25-11-15/h1-4,7-8,11H,5-6,9-10,12-14H2/t18-/m1/s1. The Balaban J connectivity index is 1.53. The molecular weight excluding hydrogens is 338 g/mol. The van der Waals surface area contributed by atoms with E-state index in [4.69, 9.17) is 9.47 Å². The fourth-order valence-electron chi connectivity index (χ4n) is 3.41. The van der Waals surface area contributed by atoms with Gasteiger partial charge in [-0.05, 0) is 34.5 Å². The minimum Gasteiger partial charge on any atom is -0.377 e. The number of ether oxygens (including phenoxy) is 2. The monoisotopic (exact) mass is 359 g/mol. The molecule has 1 amide bonds. The average Bonchev–Trinajstić information content (AvgIpc) is 3.07. The third-order valence-corrected chi connectivity index (χ3v) is 5.35. The molecule has 0 unspecified atom stereocenters. The fraction of sp³-hybridized carbons (Fsp3) is 0.444. The number of amides is 1. The number of pyridine rings is 1. The van der Waals surface area contributed by atoms with E-state index in [-0.39, 0.29) is 12.5 Å². The maximum atomic E-state index is 12.4. The van der Waals surface area contributed by atoms with Crippen molar-refractivity contribution in [3.05, 3.63) is 46.9 Å². The molecular formula is C18H21N3O3S. The van der Waals surface area contributed by atoms with E-state index < -0.39 is 5.60 Å². The van der Waals surface area contributed by atoms with E-state index in [1.165, 1.54) is 5.56 Å². The number of hydrogen-bond acceptors (Lipinski definition) is 6. The zero-order chi connectivity index (χ0) is 17.1. The molecule has 2 aromatic heterocycles. The zero-order valence-electron chi connectivity index (χ0n) is 14.0. The molecule has 2 aliphatic rings. The first kappa shape index (κ1) is 16.7. The van der Waals surface area contributed by atoms with Crippen LogP contribution in [-0.2, 0) is 20.8 Å². The highest BCUT2D eigenvalue weighted by Crippen LogP contribution is 2.27. The Morgan fingerprint density at radius 3 is 3.08 bits per heavy atom. The molecule has 1 spiro atoms. The van der Waals surface area contributed by atoms with E-state index in [0.29, 0.717) is 19.8 Å². The number of nitrogens with zero attached hydrogens (tertiary/aromatic N) is 3. The van der Waals surface area contributed by atoms with E-state index in [1.807, 2.05) is 12.1 Å². The smallest absolute Gasteiger partial charge is 0.253 e. The quantitative estimate of drug-likeness (QED) is 0.836. The third-order valence-electron chi connectivity index (χ3n) is 4.62. The highest BCUT2D eigenvalue weighted by atomic mass is 32.1. The van der Waals surface area contributed by atoms with Gasteiger partial charge in [-0.3, -0.25) is 14.7 Å². The van der Waals surface area contributed by atoms with Gasteiger partial charge in [0.1, 0.15) is 12.2 Å². The Bertz CT molecular complexity index is 710. The summed E-state index contributed by atoms with van der Waals surface area (Å²) in [4.78, 5) is 20.6. The second kappa shape index (κ2) is 7.21. The second-order valence-electron chi connectivity index (χ2n) is 6.56. The van der Waals surface area contributed by atoms with Crippen LogP contribution in [0.4, 0.5) is 5.69 Å². The Morgan fingerprint density at radius 2 is 2.28 bits per heavy atom. The predicted octanol–water partition coefficient (Wildman–Crippen LogP) is 1.78. The summed E-state index contributed by atoms with van der Waals surface area (Å²) < 4.78 is 11.9. The van der Waals surface area contributed by atoms with Crippen molar-refractivity contribution in [1.82, 2.24) is 9.88 Å². The maximum Gasteiger partial charge on any atom is 0.253 e. The summed E-state index contributed by atoms with van der Waals surface area (Å²) in [5, 5.41) is 4.27. The van der Waals surface area contributed by atoms with Gasteiger partial charge < -0.3 is 14.4 Å². The number of thiophene rings is 1. The van der Waals surface area contributed by atoms with E-state index in [2.05, 4.69) is 26.7 Å². The van der Waals surface area contributed by atoms with Crippen molar-refractivity contribution in [3.63, 3.8) is 0 Å². The van der Waals surface area contributed by atoms with Gasteiger partial charge in [0.15, 0.2) is 0 Å². The minimum absolute atomic E-state index is 0.0349. The number of hydrogen-bond donors (Lipinski definition) is 0. The Hall–Kier alpha value is -1.80. The Kier molecular flexibility index (Phi) is 4.80. The Morgan fingerprint density at radius 1 is 1.32 bits per heavy atom. The van der Waals surface area contributed by atoms with Gasteiger partial charge in [-0.2, -0.15) is 11.3 Å². The van der Waals surface area contributed by atoms with Crippen LogP contribution in [0.15, 0.2) is 41.4 Å². The number of carbonyl (C=O) groups excluding carboxylic acids is 1. The van der Waals surface area contributed by atoms with E-state index in [9.17, 15) is 4.79 Å². The van der Waals surface area contributed by atoms with E-state index in [1.54, 1.807) is 28.6 Å². The summed E-state index contributed by atoms with van der Waals surface area (Å²) in [6.45, 7) is 4.21. The number of morpholine rings is 1. The SMILES string of the molecule is O=C1CO[C@@]2(COCCN(Cc3ccsc3)C2)CN1c1cccnc1. The molecule has 4 heterocycles. The van der Waals surface area contributed by atoms with Gasteiger partial charge in [0.25, 0.3) is 5.91 Å². The van der Waals surface area contributed by atoms with Crippen molar-refractivity contribution in [2.45, 2.75) is 12.1 Å². The minimum atomic E-state index is -0.504. The number of rotatable bonds is 3. The van der Waals surface area contributed by atoms with Gasteiger partial charge in [-0.25, -0.2) is 0 Å². The lowest BCUT2D eigenvalue weighted by Gasteiger charge is -2.42. The van der Waals surface area contributed by atoms with E-state index in [0.717, 1.165) is 25.3 Å². The van der Waals surface area contributed by atoms with Crippen LogP contribution in [0.3, 0.4) is 0 Å². The molecule has 0 radical (unpaired) electrons. The highest BCUT2D eigenvalue weighted by Gasteiger charge is 2.43. The molecule has 0 bridgehead atoms. The lowest BCUT2D eigenvalue weighted by Crippen LogP contribution is -2.60. The van der Waals surface area contributed by atoms with Crippen LogP contribution in [0.1, 0.15) is 5.56 Å². The molecule has 2 aromatic rings. The third kappa shape index (κ3) is 3.74. The first-order valence-electron chi connectivity index (χ1n) is 8.40. The summed E-state index contributed by atoms with van der Waals surface area (Å²) in [6, 6.07) is 5.90. The van der Waals surface area contributed by atoms with Crippen molar-refractivity contribution in [2.75, 3.05) is 44.4 Å². The molecule has 2 saturated heterocycles. The van der Waals surface area contributed by atoms with Gasteiger partial charge in [-0.1, -0.05) is 0 Å². The van der Waals surface area contributed by atoms with Gasteiger partial charge in [0.05, 0.1) is 31.6 Å². The molecule has 2 aliphatic heterocycles. The van der Waals surface area contributed by atoms with Crippen molar-refractivity contribution in [1.29, 1.82) is 0 Å². The first-order chi connectivity index (χ1) is 12.2. The lowest BCUT2D eigenvalue weighted by atomic mass is 10.0. The van der Waals surface area contributed by atoms with Crippen molar-refractivity contribution < 1.29 is 14.3 Å². The number of aromatic nitrogens is 1. The first-order valence-corrected chi connectivity index (χ1v) is 9.34. The van der Waals surface area contributed by atoms with Crippen LogP contribution in [0.25, 0.3) is 0 Å². The average molecular weight is 359 g/mol. The molecule has 0 N–H and O–H groups in total. The molecule has 25 heavy (non-hydrogen) atoms. The Labute approximate surface area is 151 Å². The topological polar surface area (TPSA) is 54.9 Å². The maximum absolute atomic E-state index is 12.4. The second-order valence-corrected chi connectivity index (χ2v) is 7.34. The predicted molar refractivity (Wildman–Crippen MR) is 95.7 cm³/mol. The molecule has 7 heteroatoms. The van der Waals surface area contributed by atoms with Crippen LogP contribution in [-0.4, -0.2) is 60.8 Å². The van der Waals surface area contributed by atoms with Crippen LogP contribution >= 0.6 is 11.3 Å². The van der Waals surface area contributed by atoms with Gasteiger partial charge >= 0.3 is 0 Å². The molecule has 0 aromatic carbocycles. The van der Waals surface area contributed by atoms with Crippen LogP contribution < -0.4 is 4.90 Å². The van der Waals surface area contributed by atoms with Crippen LogP contribution in [0.2, 0.25) is 0 Å². The highest BCUT2D eigenvalue weighted by molar-refractivity contribution is 7.07. The van der Waals surface area contributed by atoms with Crippen molar-refractivity contribution in [2.24, 2.45) is 0 Å². The summed E-state index contributed by atoms with van der Waals surface area (Å²) in [5.74, 6) is -0.0349. The molecule has 0 saturated carbocycles. The van der Waals surface area contributed by atoms with E-state index >= 15 is 0 Å². The molecule has 132 valence electrons. The molecule has 4 rings (SSSR count). The number of carbonyl (C=O) groups is 1. The molecule has 0 aliphatic carbocycles. The largest absolute Gasteiger partial charge is 0.377 e. The normalized spacial score (nSPS) is 25.3. The lowest BCUT2D eigenvalue weighted by molar-refractivity contribution is -0.146. The summed E-state index contributed by atoms with van der Waals surface area (Å²) >= 11 is 1.71. The number of anilines is 1. The van der Waals surface area contributed by atoms with Gasteiger partial charge in [0, 0.05) is 25.8 Å². The fourth-order valence-corrected chi connectivity index (χ4v) is 4.07.